The largest absolute Gasteiger partial charge is 0.356 e. The summed E-state index contributed by atoms with van der Waals surface area (Å²) in [4.78, 5) is 24.8. The molecule has 176 valence electrons. The SMILES string of the molecule is O=C(NCC1CCN(c2cnc(-c3ccccc3)c(-c3ccccc3)n2)CC1)C1CCCCC1. The van der Waals surface area contributed by atoms with Gasteiger partial charge in [0.25, 0.3) is 0 Å². The summed E-state index contributed by atoms with van der Waals surface area (Å²) in [7, 11) is 0. The smallest absolute Gasteiger partial charge is 0.223 e. The molecule has 1 aromatic heterocycles. The second-order valence-electron chi connectivity index (χ2n) is 9.67. The first-order valence-corrected chi connectivity index (χ1v) is 12.8. The molecule has 1 N–H and O–H groups in total. The predicted molar refractivity (Wildman–Crippen MR) is 137 cm³/mol. The van der Waals surface area contributed by atoms with Crippen molar-refractivity contribution in [2.75, 3.05) is 24.5 Å². The van der Waals surface area contributed by atoms with Crippen molar-refractivity contribution >= 4 is 11.7 Å². The minimum atomic E-state index is 0.239. The first-order valence-electron chi connectivity index (χ1n) is 12.8. The number of nitrogens with zero attached hydrogens (tertiary/aromatic N) is 3. The lowest BCUT2D eigenvalue weighted by atomic mass is 9.88. The van der Waals surface area contributed by atoms with Crippen molar-refractivity contribution in [3.05, 3.63) is 66.9 Å². The van der Waals surface area contributed by atoms with Gasteiger partial charge in [-0.15, -0.1) is 0 Å². The number of amides is 1. The highest BCUT2D eigenvalue weighted by Crippen LogP contribution is 2.31. The van der Waals surface area contributed by atoms with E-state index in [9.17, 15) is 4.79 Å². The first kappa shape index (κ1) is 22.6. The van der Waals surface area contributed by atoms with Crippen LogP contribution >= 0.6 is 0 Å². The molecule has 0 atom stereocenters. The normalized spacial score (nSPS) is 17.5. The summed E-state index contributed by atoms with van der Waals surface area (Å²) in [6.45, 7) is 2.69. The lowest BCUT2D eigenvalue weighted by molar-refractivity contribution is -0.126. The molecular formula is C29H34N4O. The zero-order valence-corrected chi connectivity index (χ0v) is 19.8. The fourth-order valence-electron chi connectivity index (χ4n) is 5.26. The number of hydrogen-bond donors (Lipinski definition) is 1. The number of carbonyl (C=O) groups is 1. The van der Waals surface area contributed by atoms with Gasteiger partial charge >= 0.3 is 0 Å². The molecule has 0 spiro atoms. The number of rotatable bonds is 6. The number of anilines is 1. The van der Waals surface area contributed by atoms with Gasteiger partial charge in [-0.1, -0.05) is 79.9 Å². The quantitative estimate of drug-likeness (QED) is 0.517. The number of benzene rings is 2. The topological polar surface area (TPSA) is 58.1 Å². The van der Waals surface area contributed by atoms with E-state index in [1.807, 2.05) is 42.6 Å². The van der Waals surface area contributed by atoms with E-state index in [2.05, 4.69) is 34.5 Å². The lowest BCUT2D eigenvalue weighted by Gasteiger charge is -2.33. The highest BCUT2D eigenvalue weighted by molar-refractivity contribution is 5.79. The Bertz CT molecular complexity index is 1070. The van der Waals surface area contributed by atoms with Crippen LogP contribution in [0.2, 0.25) is 0 Å². The molecule has 2 fully saturated rings. The Balaban J connectivity index is 1.25. The standard InChI is InChI=1S/C29H34N4O/c34-29(25-14-8-3-9-15-25)31-20-22-16-18-33(19-17-22)26-21-30-27(23-10-4-1-5-11-23)28(32-26)24-12-6-2-7-13-24/h1-2,4-7,10-13,21-22,25H,3,8-9,14-20H2,(H,31,34). The zero-order valence-electron chi connectivity index (χ0n) is 19.8. The Kier molecular flexibility index (Phi) is 7.18. The predicted octanol–water partition coefficient (Wildman–Crippen LogP) is 5.72. The van der Waals surface area contributed by atoms with Gasteiger partial charge in [0.15, 0.2) is 0 Å². The summed E-state index contributed by atoms with van der Waals surface area (Å²) in [6.07, 6.45) is 9.85. The van der Waals surface area contributed by atoms with Crippen LogP contribution in [-0.4, -0.2) is 35.5 Å². The van der Waals surface area contributed by atoms with Gasteiger partial charge in [0, 0.05) is 36.7 Å². The van der Waals surface area contributed by atoms with Crippen LogP contribution in [0, 0.1) is 11.8 Å². The van der Waals surface area contributed by atoms with E-state index < -0.39 is 0 Å². The molecule has 5 nitrogen and oxygen atoms in total. The van der Waals surface area contributed by atoms with E-state index in [1.165, 1.54) is 19.3 Å². The summed E-state index contributed by atoms with van der Waals surface area (Å²) in [5, 5.41) is 3.25. The summed E-state index contributed by atoms with van der Waals surface area (Å²) >= 11 is 0. The van der Waals surface area contributed by atoms with E-state index in [-0.39, 0.29) is 11.8 Å². The highest BCUT2D eigenvalue weighted by atomic mass is 16.1. The van der Waals surface area contributed by atoms with Gasteiger partial charge in [0.1, 0.15) is 5.82 Å². The summed E-state index contributed by atoms with van der Waals surface area (Å²) in [5.41, 5.74) is 3.99. The minimum Gasteiger partial charge on any atom is -0.356 e. The molecule has 0 unspecified atom stereocenters. The summed E-state index contributed by atoms with van der Waals surface area (Å²) in [6, 6.07) is 20.6. The van der Waals surface area contributed by atoms with Crippen molar-refractivity contribution in [3.63, 3.8) is 0 Å². The highest BCUT2D eigenvalue weighted by Gasteiger charge is 2.25. The molecule has 2 aromatic carbocycles. The number of nitrogens with one attached hydrogen (secondary N) is 1. The Morgan fingerprint density at radius 2 is 1.44 bits per heavy atom. The van der Waals surface area contributed by atoms with E-state index in [4.69, 9.17) is 9.97 Å². The van der Waals surface area contributed by atoms with E-state index in [1.54, 1.807) is 0 Å². The maximum absolute atomic E-state index is 12.5. The molecule has 5 heteroatoms. The third-order valence-corrected chi connectivity index (χ3v) is 7.33. The number of hydrogen-bond acceptors (Lipinski definition) is 4. The van der Waals surface area contributed by atoms with Crippen LogP contribution in [0.1, 0.15) is 44.9 Å². The minimum absolute atomic E-state index is 0.239. The van der Waals surface area contributed by atoms with Crippen LogP contribution in [-0.2, 0) is 4.79 Å². The van der Waals surface area contributed by atoms with Crippen LogP contribution in [0.3, 0.4) is 0 Å². The third kappa shape index (κ3) is 5.30. The second-order valence-corrected chi connectivity index (χ2v) is 9.67. The number of piperidine rings is 1. The summed E-state index contributed by atoms with van der Waals surface area (Å²) in [5.74, 6) is 1.98. The second kappa shape index (κ2) is 10.8. The molecule has 1 amide bonds. The van der Waals surface area contributed by atoms with E-state index in [0.29, 0.717) is 5.92 Å². The van der Waals surface area contributed by atoms with Crippen LogP contribution < -0.4 is 10.2 Å². The molecule has 2 heterocycles. The molecule has 1 saturated carbocycles. The van der Waals surface area contributed by atoms with Gasteiger partial charge < -0.3 is 10.2 Å². The Morgan fingerprint density at radius 1 is 0.824 bits per heavy atom. The van der Waals surface area contributed by atoms with Gasteiger partial charge in [-0.3, -0.25) is 9.78 Å². The Morgan fingerprint density at radius 3 is 2.09 bits per heavy atom. The Hall–Kier alpha value is -3.21. The van der Waals surface area contributed by atoms with E-state index >= 15 is 0 Å². The van der Waals surface area contributed by atoms with Crippen molar-refractivity contribution in [1.82, 2.24) is 15.3 Å². The average Bonchev–Trinajstić information content (AvgIpc) is 2.93. The average molecular weight is 455 g/mol. The monoisotopic (exact) mass is 454 g/mol. The van der Waals surface area contributed by atoms with Gasteiger partial charge in [-0.2, -0.15) is 0 Å². The van der Waals surface area contributed by atoms with Crippen molar-refractivity contribution in [3.8, 4) is 22.5 Å². The zero-order chi connectivity index (χ0) is 23.2. The fraction of sp³-hybridized carbons (Fsp3) is 0.414. The first-order chi connectivity index (χ1) is 16.8. The summed E-state index contributed by atoms with van der Waals surface area (Å²) < 4.78 is 0. The Labute approximate surface area is 202 Å². The lowest BCUT2D eigenvalue weighted by Crippen LogP contribution is -2.40. The van der Waals surface area contributed by atoms with Gasteiger partial charge in [0.05, 0.1) is 17.6 Å². The van der Waals surface area contributed by atoms with Crippen molar-refractivity contribution in [2.45, 2.75) is 44.9 Å². The van der Waals surface area contributed by atoms with Crippen LogP contribution in [0.25, 0.3) is 22.5 Å². The van der Waals surface area contributed by atoms with Crippen LogP contribution in [0.4, 0.5) is 5.82 Å². The maximum atomic E-state index is 12.5. The van der Waals surface area contributed by atoms with Crippen LogP contribution in [0.5, 0.6) is 0 Å². The molecule has 1 saturated heterocycles. The molecule has 34 heavy (non-hydrogen) atoms. The number of aromatic nitrogens is 2. The molecule has 1 aliphatic carbocycles. The number of carbonyl (C=O) groups excluding carboxylic acids is 1. The van der Waals surface area contributed by atoms with Gasteiger partial charge in [0.2, 0.25) is 5.91 Å². The van der Waals surface area contributed by atoms with Crippen molar-refractivity contribution < 1.29 is 4.79 Å². The molecule has 2 aliphatic rings. The molecule has 0 radical (unpaired) electrons. The van der Waals surface area contributed by atoms with Crippen molar-refractivity contribution in [2.24, 2.45) is 11.8 Å². The molecule has 0 bridgehead atoms. The van der Waals surface area contributed by atoms with Crippen LogP contribution in [0.15, 0.2) is 66.9 Å². The maximum Gasteiger partial charge on any atom is 0.223 e. The van der Waals surface area contributed by atoms with Gasteiger partial charge in [-0.05, 0) is 31.6 Å². The molecule has 1 aliphatic heterocycles. The fourth-order valence-corrected chi connectivity index (χ4v) is 5.26. The third-order valence-electron chi connectivity index (χ3n) is 7.33. The molecular weight excluding hydrogens is 420 g/mol. The van der Waals surface area contributed by atoms with E-state index in [0.717, 1.165) is 73.7 Å². The molecule has 5 rings (SSSR count). The van der Waals surface area contributed by atoms with Gasteiger partial charge in [-0.25, -0.2) is 4.98 Å². The molecule has 3 aromatic rings. The van der Waals surface area contributed by atoms with Crippen molar-refractivity contribution in [1.29, 1.82) is 0 Å².